The second kappa shape index (κ2) is 7.66. The molecule has 1 heterocycles. The van der Waals surface area contributed by atoms with Crippen LogP contribution in [-0.4, -0.2) is 11.1 Å². The van der Waals surface area contributed by atoms with E-state index >= 15 is 0 Å². The summed E-state index contributed by atoms with van der Waals surface area (Å²) in [6, 6.07) is 11.7. The van der Waals surface area contributed by atoms with Crippen LogP contribution in [0, 0.1) is 34.6 Å². The van der Waals surface area contributed by atoms with Gasteiger partial charge in [-0.25, -0.2) is 0 Å². The van der Waals surface area contributed by atoms with Crippen LogP contribution in [0.1, 0.15) is 44.1 Å². The van der Waals surface area contributed by atoms with Crippen molar-refractivity contribution < 1.29 is 14.1 Å². The van der Waals surface area contributed by atoms with E-state index in [2.05, 4.69) is 10.5 Å². The lowest BCUT2D eigenvalue weighted by molar-refractivity contribution is 0.101. The van der Waals surface area contributed by atoms with E-state index < -0.39 is 0 Å². The van der Waals surface area contributed by atoms with Gasteiger partial charge in [0.25, 0.3) is 5.91 Å². The molecule has 0 aliphatic carbocycles. The van der Waals surface area contributed by atoms with Crippen molar-refractivity contribution in [2.45, 2.75) is 41.2 Å². The molecule has 0 saturated carbocycles. The summed E-state index contributed by atoms with van der Waals surface area (Å²) in [5.41, 5.74) is 6.04. The van der Waals surface area contributed by atoms with E-state index in [-0.39, 0.29) is 18.2 Å². The Hall–Kier alpha value is -3.08. The highest BCUT2D eigenvalue weighted by atomic mass is 16.5. The zero-order valence-electron chi connectivity index (χ0n) is 16.3. The van der Waals surface area contributed by atoms with E-state index in [0.717, 1.165) is 33.7 Å². The van der Waals surface area contributed by atoms with Gasteiger partial charge in [0.2, 0.25) is 0 Å². The van der Waals surface area contributed by atoms with Crippen LogP contribution < -0.4 is 10.1 Å². The van der Waals surface area contributed by atoms with Gasteiger partial charge in [0.15, 0.2) is 5.69 Å². The molecule has 1 amide bonds. The van der Waals surface area contributed by atoms with Crippen LogP contribution in [0.5, 0.6) is 5.75 Å². The second-order valence-electron chi connectivity index (χ2n) is 6.75. The molecule has 1 aromatic heterocycles. The first-order valence-electron chi connectivity index (χ1n) is 8.90. The maximum atomic E-state index is 12.8. The Morgan fingerprint density at radius 2 is 1.67 bits per heavy atom. The van der Waals surface area contributed by atoms with Crippen LogP contribution in [0.3, 0.4) is 0 Å². The summed E-state index contributed by atoms with van der Waals surface area (Å²) in [6.45, 7) is 10.0. The Kier molecular flexibility index (Phi) is 5.31. The molecule has 0 radical (unpaired) electrons. The monoisotopic (exact) mass is 364 g/mol. The number of hydrogen-bond donors (Lipinski definition) is 1. The Labute approximate surface area is 159 Å². The van der Waals surface area contributed by atoms with Crippen LogP contribution in [0.2, 0.25) is 0 Å². The summed E-state index contributed by atoms with van der Waals surface area (Å²) >= 11 is 0. The molecule has 0 spiro atoms. The lowest BCUT2D eigenvalue weighted by atomic mass is 10.1. The maximum absolute atomic E-state index is 12.8. The number of aryl methyl sites for hydroxylation is 3. The minimum atomic E-state index is -0.305. The minimum absolute atomic E-state index is 0.217. The fraction of sp³-hybridized carbons (Fsp3) is 0.273. The third-order valence-corrected chi connectivity index (χ3v) is 4.98. The van der Waals surface area contributed by atoms with E-state index in [1.54, 1.807) is 6.92 Å². The molecule has 140 valence electrons. The average molecular weight is 364 g/mol. The van der Waals surface area contributed by atoms with Gasteiger partial charge in [-0.15, -0.1) is 0 Å². The molecule has 5 nitrogen and oxygen atoms in total. The summed E-state index contributed by atoms with van der Waals surface area (Å²) in [7, 11) is 0. The quantitative estimate of drug-likeness (QED) is 0.688. The molecule has 1 N–H and O–H groups in total. The average Bonchev–Trinajstić information content (AvgIpc) is 3.01. The van der Waals surface area contributed by atoms with Crippen molar-refractivity contribution in [3.05, 3.63) is 75.7 Å². The van der Waals surface area contributed by atoms with Crippen molar-refractivity contribution in [2.24, 2.45) is 0 Å². The number of ether oxygens (including phenoxy) is 1. The van der Waals surface area contributed by atoms with E-state index in [4.69, 9.17) is 9.26 Å². The third-order valence-electron chi connectivity index (χ3n) is 4.98. The van der Waals surface area contributed by atoms with E-state index in [1.165, 1.54) is 0 Å². The Bertz CT molecular complexity index is 989. The number of nitrogens with zero attached hydrogens (tertiary/aromatic N) is 1. The molecule has 0 bridgehead atoms. The van der Waals surface area contributed by atoms with Gasteiger partial charge in [-0.05, 0) is 69.0 Å². The van der Waals surface area contributed by atoms with Crippen molar-refractivity contribution in [1.29, 1.82) is 0 Å². The van der Waals surface area contributed by atoms with Crippen molar-refractivity contribution in [2.75, 3.05) is 5.32 Å². The first-order valence-corrected chi connectivity index (χ1v) is 8.90. The number of hydrogen-bond acceptors (Lipinski definition) is 4. The molecule has 0 unspecified atom stereocenters. The normalized spacial score (nSPS) is 10.7. The smallest absolute Gasteiger partial charge is 0.278 e. The summed E-state index contributed by atoms with van der Waals surface area (Å²) in [5, 5.41) is 6.87. The topological polar surface area (TPSA) is 64.4 Å². The molecule has 5 heteroatoms. The Balaban J connectivity index is 1.80. The van der Waals surface area contributed by atoms with E-state index in [0.29, 0.717) is 11.3 Å². The lowest BCUT2D eigenvalue weighted by Crippen LogP contribution is -2.16. The molecule has 2 aromatic carbocycles. The number of aromatic nitrogens is 1. The van der Waals surface area contributed by atoms with Gasteiger partial charge in [-0.2, -0.15) is 0 Å². The van der Waals surface area contributed by atoms with Gasteiger partial charge >= 0.3 is 0 Å². The van der Waals surface area contributed by atoms with Crippen molar-refractivity contribution in [3.8, 4) is 5.75 Å². The van der Waals surface area contributed by atoms with E-state index in [1.807, 2.05) is 64.1 Å². The highest BCUT2D eigenvalue weighted by molar-refractivity contribution is 6.04. The second-order valence-corrected chi connectivity index (χ2v) is 6.75. The molecule has 3 aromatic rings. The zero-order chi connectivity index (χ0) is 19.6. The molecule has 0 saturated heterocycles. The number of anilines is 1. The molecule has 0 aliphatic rings. The summed E-state index contributed by atoms with van der Waals surface area (Å²) in [6.07, 6.45) is 0. The van der Waals surface area contributed by atoms with Crippen LogP contribution >= 0.6 is 0 Å². The number of carbonyl (C=O) groups excluding carboxylic acids is 1. The predicted octanol–water partition coefficient (Wildman–Crippen LogP) is 5.05. The molecule has 0 fully saturated rings. The number of rotatable bonds is 5. The molecular formula is C22H24N2O3. The third kappa shape index (κ3) is 3.87. The largest absolute Gasteiger partial charge is 0.488 e. The van der Waals surface area contributed by atoms with Crippen molar-refractivity contribution in [3.63, 3.8) is 0 Å². The minimum Gasteiger partial charge on any atom is -0.488 e. The number of benzene rings is 2. The van der Waals surface area contributed by atoms with E-state index in [9.17, 15) is 4.79 Å². The SMILES string of the molecule is Cc1cccc(NC(=O)c2noc(C)c2COc2cccc(C)c2C)c1C. The molecular weight excluding hydrogens is 340 g/mol. The van der Waals surface area contributed by atoms with Crippen LogP contribution in [0.15, 0.2) is 40.9 Å². The maximum Gasteiger partial charge on any atom is 0.278 e. The van der Waals surface area contributed by atoms with Crippen molar-refractivity contribution in [1.82, 2.24) is 5.16 Å². The van der Waals surface area contributed by atoms with Crippen LogP contribution in [-0.2, 0) is 6.61 Å². The Morgan fingerprint density at radius 3 is 2.41 bits per heavy atom. The zero-order valence-corrected chi connectivity index (χ0v) is 16.3. The van der Waals surface area contributed by atoms with Gasteiger partial charge < -0.3 is 14.6 Å². The first-order chi connectivity index (χ1) is 12.9. The van der Waals surface area contributed by atoms with Gasteiger partial charge in [0, 0.05) is 5.69 Å². The van der Waals surface area contributed by atoms with Gasteiger partial charge in [0.1, 0.15) is 18.1 Å². The highest BCUT2D eigenvalue weighted by Gasteiger charge is 2.21. The summed E-state index contributed by atoms with van der Waals surface area (Å²) in [5.74, 6) is 1.06. The van der Waals surface area contributed by atoms with Gasteiger partial charge in [-0.1, -0.05) is 29.4 Å². The molecule has 27 heavy (non-hydrogen) atoms. The summed E-state index contributed by atoms with van der Waals surface area (Å²) in [4.78, 5) is 12.8. The fourth-order valence-electron chi connectivity index (χ4n) is 2.84. The Morgan fingerprint density at radius 1 is 1.00 bits per heavy atom. The highest BCUT2D eigenvalue weighted by Crippen LogP contribution is 2.24. The summed E-state index contributed by atoms with van der Waals surface area (Å²) < 4.78 is 11.2. The molecule has 3 rings (SSSR count). The standard InChI is InChI=1S/C22H24N2O3/c1-13-8-6-10-19(15(13)3)23-22(25)21-18(17(5)27-24-21)12-26-20-11-7-9-14(2)16(20)4/h6-11H,12H2,1-5H3,(H,23,25). The van der Waals surface area contributed by atoms with Crippen LogP contribution in [0.4, 0.5) is 5.69 Å². The van der Waals surface area contributed by atoms with Gasteiger partial charge in [0.05, 0.1) is 5.56 Å². The predicted molar refractivity (Wildman–Crippen MR) is 105 cm³/mol. The number of nitrogens with one attached hydrogen (secondary N) is 1. The van der Waals surface area contributed by atoms with Crippen LogP contribution in [0.25, 0.3) is 0 Å². The lowest BCUT2D eigenvalue weighted by Gasteiger charge is -2.12. The molecule has 0 atom stereocenters. The fourth-order valence-corrected chi connectivity index (χ4v) is 2.84. The van der Waals surface area contributed by atoms with Gasteiger partial charge in [-0.3, -0.25) is 4.79 Å². The van der Waals surface area contributed by atoms with Crippen molar-refractivity contribution >= 4 is 11.6 Å². The number of amides is 1. The molecule has 0 aliphatic heterocycles. The number of carbonyl (C=O) groups is 1. The first kappa shape index (κ1) is 18.7.